The summed E-state index contributed by atoms with van der Waals surface area (Å²) in [7, 11) is 0. The third-order valence-electron chi connectivity index (χ3n) is 5.11. The Hall–Kier alpha value is -3.16. The Morgan fingerprint density at radius 1 is 1.17 bits per heavy atom. The van der Waals surface area contributed by atoms with Gasteiger partial charge in [-0.1, -0.05) is 18.2 Å². The summed E-state index contributed by atoms with van der Waals surface area (Å²) in [4.78, 5) is 38.2. The summed E-state index contributed by atoms with van der Waals surface area (Å²) in [5.74, 6) is -1.32. The van der Waals surface area contributed by atoms with Crippen molar-refractivity contribution in [3.63, 3.8) is 0 Å². The van der Waals surface area contributed by atoms with Crippen LogP contribution in [0.25, 0.3) is 0 Å². The molecule has 1 fully saturated rings. The molecule has 0 aliphatic carbocycles. The van der Waals surface area contributed by atoms with Crippen LogP contribution < -0.4 is 5.73 Å². The number of rotatable bonds is 7. The molecule has 0 bridgehead atoms. The number of aromatic nitrogens is 2. The van der Waals surface area contributed by atoms with E-state index in [1.807, 2.05) is 26.0 Å². The number of nitrogens with two attached hydrogens (primary N) is 1. The fraction of sp³-hybridized carbons (Fsp3) is 0.429. The van der Waals surface area contributed by atoms with E-state index in [9.17, 15) is 14.4 Å². The van der Waals surface area contributed by atoms with E-state index in [4.69, 9.17) is 10.5 Å². The first kappa shape index (κ1) is 20.6. The molecular formula is C21H26N4O4. The number of esters is 1. The van der Waals surface area contributed by atoms with E-state index in [1.165, 1.54) is 0 Å². The maximum atomic E-state index is 12.7. The zero-order valence-corrected chi connectivity index (χ0v) is 16.7. The lowest BCUT2D eigenvalue weighted by atomic mass is 10.0. The summed E-state index contributed by atoms with van der Waals surface area (Å²) in [6, 6.07) is 10.6. The Bertz CT molecular complexity index is 893. The van der Waals surface area contributed by atoms with Crippen LogP contribution >= 0.6 is 0 Å². The molecule has 29 heavy (non-hydrogen) atoms. The number of likely N-dealkylation sites (tertiary alicyclic amines) is 1. The summed E-state index contributed by atoms with van der Waals surface area (Å²) in [6.07, 6.45) is -0.216. The van der Waals surface area contributed by atoms with Gasteiger partial charge in [0.25, 0.3) is 0 Å². The van der Waals surface area contributed by atoms with Crippen LogP contribution in [0.15, 0.2) is 36.4 Å². The average molecular weight is 398 g/mol. The molecule has 2 N–H and O–H groups in total. The van der Waals surface area contributed by atoms with Crippen LogP contribution in [0.2, 0.25) is 0 Å². The topological polar surface area (TPSA) is 108 Å². The lowest BCUT2D eigenvalue weighted by Gasteiger charge is -2.17. The number of hydrogen-bond donors (Lipinski definition) is 1. The summed E-state index contributed by atoms with van der Waals surface area (Å²) in [5, 5.41) is 4.37. The van der Waals surface area contributed by atoms with E-state index in [0.717, 1.165) is 11.4 Å². The van der Waals surface area contributed by atoms with Crippen molar-refractivity contribution in [2.75, 3.05) is 13.1 Å². The van der Waals surface area contributed by atoms with Gasteiger partial charge in [-0.05, 0) is 32.0 Å². The Balaban J connectivity index is 1.63. The highest BCUT2D eigenvalue weighted by Gasteiger charge is 2.38. The number of benzene rings is 1. The Kier molecular flexibility index (Phi) is 6.31. The molecule has 1 aromatic carbocycles. The largest absolute Gasteiger partial charge is 0.457 e. The van der Waals surface area contributed by atoms with Crippen molar-refractivity contribution in [3.05, 3.63) is 53.3 Å². The van der Waals surface area contributed by atoms with Crippen molar-refractivity contribution in [2.45, 2.75) is 39.3 Å². The maximum absolute atomic E-state index is 12.7. The van der Waals surface area contributed by atoms with E-state index < -0.39 is 18.0 Å². The number of nitrogens with zero attached hydrogens (tertiary/aromatic N) is 3. The van der Waals surface area contributed by atoms with Crippen molar-refractivity contribution >= 4 is 17.8 Å². The van der Waals surface area contributed by atoms with E-state index >= 15 is 0 Å². The zero-order valence-electron chi connectivity index (χ0n) is 16.7. The second kappa shape index (κ2) is 8.89. The summed E-state index contributed by atoms with van der Waals surface area (Å²) in [6.45, 7) is 4.93. The predicted molar refractivity (Wildman–Crippen MR) is 106 cm³/mol. The third-order valence-corrected chi connectivity index (χ3v) is 5.11. The number of hydrogen-bond acceptors (Lipinski definition) is 5. The van der Waals surface area contributed by atoms with Crippen LogP contribution in [-0.2, 0) is 20.9 Å². The lowest BCUT2D eigenvalue weighted by Crippen LogP contribution is -2.31. The molecule has 0 spiro atoms. The minimum atomic E-state index is -0.562. The van der Waals surface area contributed by atoms with Crippen LogP contribution in [0.3, 0.4) is 0 Å². The number of aryl methyl sites for hydroxylation is 3. The Morgan fingerprint density at radius 2 is 1.90 bits per heavy atom. The highest BCUT2D eigenvalue weighted by molar-refractivity contribution is 5.89. The summed E-state index contributed by atoms with van der Waals surface area (Å²) in [5.41, 5.74) is 7.69. The third kappa shape index (κ3) is 5.22. The molecule has 1 aliphatic rings. The predicted octanol–water partition coefficient (Wildman–Crippen LogP) is 1.45. The van der Waals surface area contributed by atoms with Crippen LogP contribution in [0.1, 0.15) is 34.6 Å². The highest BCUT2D eigenvalue weighted by Crippen LogP contribution is 2.25. The first-order chi connectivity index (χ1) is 13.8. The normalized spacial score (nSPS) is 18.6. The smallest absolute Gasteiger partial charge is 0.338 e. The van der Waals surface area contributed by atoms with Gasteiger partial charge in [-0.25, -0.2) is 4.79 Å². The van der Waals surface area contributed by atoms with Crippen molar-refractivity contribution in [2.24, 2.45) is 11.7 Å². The zero-order chi connectivity index (χ0) is 21.0. The van der Waals surface area contributed by atoms with Gasteiger partial charge in [0.2, 0.25) is 11.8 Å². The van der Waals surface area contributed by atoms with Gasteiger partial charge in [-0.2, -0.15) is 5.10 Å². The number of amides is 2. The second-order valence-electron chi connectivity index (χ2n) is 7.44. The first-order valence-electron chi connectivity index (χ1n) is 9.66. The van der Waals surface area contributed by atoms with Gasteiger partial charge in [-0.3, -0.25) is 14.3 Å². The number of carbonyl (C=O) groups excluding carboxylic acids is 3. The molecule has 8 nitrogen and oxygen atoms in total. The Morgan fingerprint density at radius 3 is 2.52 bits per heavy atom. The molecule has 0 unspecified atom stereocenters. The molecule has 2 amide bonds. The molecule has 154 valence electrons. The van der Waals surface area contributed by atoms with Gasteiger partial charge in [0.05, 0.1) is 17.8 Å². The highest BCUT2D eigenvalue weighted by atomic mass is 16.5. The monoisotopic (exact) mass is 398 g/mol. The molecule has 1 aliphatic heterocycles. The Labute approximate surface area is 169 Å². The fourth-order valence-electron chi connectivity index (χ4n) is 3.67. The number of carbonyl (C=O) groups is 3. The van der Waals surface area contributed by atoms with E-state index in [-0.39, 0.29) is 31.2 Å². The SMILES string of the molecule is Cc1cc(C)n(CCC(=O)N2C[C@H](CC(N)=O)[C@H](OC(=O)c3ccccc3)C2)n1. The van der Waals surface area contributed by atoms with E-state index in [0.29, 0.717) is 18.7 Å². The molecule has 8 heteroatoms. The van der Waals surface area contributed by atoms with Crippen molar-refractivity contribution < 1.29 is 19.1 Å². The molecule has 0 saturated carbocycles. The molecule has 2 aromatic rings. The number of primary amides is 1. The standard InChI is InChI=1S/C21H26N4O4/c1-14-10-15(2)25(23-14)9-8-20(27)24-12-17(11-19(22)26)18(13-24)29-21(28)16-6-4-3-5-7-16/h3-7,10,17-18H,8-9,11-13H2,1-2H3,(H2,22,26)/t17-,18+/m0/s1. The molecule has 2 heterocycles. The quantitative estimate of drug-likeness (QED) is 0.710. The molecule has 1 saturated heterocycles. The van der Waals surface area contributed by atoms with E-state index in [2.05, 4.69) is 5.10 Å². The first-order valence-corrected chi connectivity index (χ1v) is 9.66. The fourth-order valence-corrected chi connectivity index (χ4v) is 3.67. The van der Waals surface area contributed by atoms with Crippen LogP contribution in [0.4, 0.5) is 0 Å². The molecular weight excluding hydrogens is 372 g/mol. The number of ether oxygens (including phenoxy) is 1. The molecule has 3 rings (SSSR count). The van der Waals surface area contributed by atoms with Gasteiger partial charge in [0.1, 0.15) is 6.10 Å². The summed E-state index contributed by atoms with van der Waals surface area (Å²) < 4.78 is 7.42. The molecule has 2 atom stereocenters. The molecule has 1 aromatic heterocycles. The minimum Gasteiger partial charge on any atom is -0.457 e. The van der Waals surface area contributed by atoms with Crippen molar-refractivity contribution in [1.29, 1.82) is 0 Å². The van der Waals surface area contributed by atoms with Crippen LogP contribution in [0, 0.1) is 19.8 Å². The maximum Gasteiger partial charge on any atom is 0.338 e. The van der Waals surface area contributed by atoms with Gasteiger partial charge in [-0.15, -0.1) is 0 Å². The lowest BCUT2D eigenvalue weighted by molar-refractivity contribution is -0.131. The van der Waals surface area contributed by atoms with E-state index in [1.54, 1.807) is 33.8 Å². The molecule has 0 radical (unpaired) electrons. The van der Waals surface area contributed by atoms with Crippen LogP contribution in [-0.4, -0.2) is 51.7 Å². The van der Waals surface area contributed by atoms with Crippen molar-refractivity contribution in [3.8, 4) is 0 Å². The van der Waals surface area contributed by atoms with Gasteiger partial charge < -0.3 is 15.4 Å². The van der Waals surface area contributed by atoms with Gasteiger partial charge >= 0.3 is 5.97 Å². The van der Waals surface area contributed by atoms with Gasteiger partial charge in [0.15, 0.2) is 0 Å². The van der Waals surface area contributed by atoms with Crippen molar-refractivity contribution in [1.82, 2.24) is 14.7 Å². The van der Waals surface area contributed by atoms with Gasteiger partial charge in [0, 0.05) is 37.5 Å². The second-order valence-corrected chi connectivity index (χ2v) is 7.44. The minimum absolute atomic E-state index is 0.0635. The average Bonchev–Trinajstić information content (AvgIpc) is 3.22. The van der Waals surface area contributed by atoms with Crippen LogP contribution in [0.5, 0.6) is 0 Å². The summed E-state index contributed by atoms with van der Waals surface area (Å²) >= 11 is 0.